The summed E-state index contributed by atoms with van der Waals surface area (Å²) >= 11 is 2.68. The predicted molar refractivity (Wildman–Crippen MR) is 145 cm³/mol. The van der Waals surface area contributed by atoms with Crippen molar-refractivity contribution in [3.8, 4) is 11.3 Å². The minimum atomic E-state index is -0.308. The van der Waals surface area contributed by atoms with Gasteiger partial charge in [-0.25, -0.2) is 9.37 Å². The molecule has 5 aromatic rings. The number of halogens is 1. The Morgan fingerprint density at radius 2 is 1.67 bits per heavy atom. The van der Waals surface area contributed by atoms with Crippen molar-refractivity contribution in [3.05, 3.63) is 108 Å². The molecule has 0 radical (unpaired) electrons. The molecular weight excluding hydrogens is 493 g/mol. The highest BCUT2D eigenvalue weighted by Crippen LogP contribution is 2.26. The van der Waals surface area contributed by atoms with E-state index in [4.69, 9.17) is 0 Å². The third-order valence-electron chi connectivity index (χ3n) is 5.36. The zero-order chi connectivity index (χ0) is 24.9. The predicted octanol–water partition coefficient (Wildman–Crippen LogP) is 7.09. The van der Waals surface area contributed by atoms with Crippen LogP contribution in [0, 0.1) is 5.82 Å². The second-order valence-corrected chi connectivity index (χ2v) is 9.83. The number of carbonyl (C=O) groups is 2. The average Bonchev–Trinajstić information content (AvgIpc) is 3.36. The van der Waals surface area contributed by atoms with E-state index in [9.17, 15) is 14.0 Å². The van der Waals surface area contributed by atoms with Gasteiger partial charge in [0.1, 0.15) is 5.82 Å². The van der Waals surface area contributed by atoms with E-state index in [0.29, 0.717) is 22.1 Å². The molecule has 0 fully saturated rings. The van der Waals surface area contributed by atoms with E-state index in [1.54, 1.807) is 18.2 Å². The summed E-state index contributed by atoms with van der Waals surface area (Å²) in [5.41, 5.74) is 2.69. The minimum Gasteiger partial charge on any atom is -0.322 e. The quantitative estimate of drug-likeness (QED) is 0.228. The van der Waals surface area contributed by atoms with Gasteiger partial charge in [0.2, 0.25) is 5.91 Å². The molecule has 1 heterocycles. The summed E-state index contributed by atoms with van der Waals surface area (Å²) in [6.07, 6.45) is 0. The van der Waals surface area contributed by atoms with Crippen LogP contribution in [0.4, 0.5) is 15.2 Å². The number of carbonyl (C=O) groups excluding carboxylic acids is 2. The van der Waals surface area contributed by atoms with Crippen LogP contribution in [0.5, 0.6) is 0 Å². The lowest BCUT2D eigenvalue weighted by Gasteiger charge is -2.08. The number of nitrogens with zero attached hydrogens (tertiary/aromatic N) is 1. The molecule has 0 atom stereocenters. The lowest BCUT2D eigenvalue weighted by Crippen LogP contribution is -2.14. The molecule has 0 saturated heterocycles. The molecule has 0 bridgehead atoms. The summed E-state index contributed by atoms with van der Waals surface area (Å²) in [5.74, 6) is -0.503. The minimum absolute atomic E-state index is 0.188. The number of thiazole rings is 1. The number of anilines is 2. The molecule has 2 N–H and O–H groups in total. The number of nitrogens with one attached hydrogen (secondary N) is 2. The maximum absolute atomic E-state index is 13.1. The van der Waals surface area contributed by atoms with Crippen molar-refractivity contribution in [2.75, 3.05) is 16.4 Å². The van der Waals surface area contributed by atoms with E-state index in [1.807, 2.05) is 66.0 Å². The molecule has 8 heteroatoms. The number of hydrogen-bond acceptors (Lipinski definition) is 5. The molecular formula is C28H20FN3O2S2. The van der Waals surface area contributed by atoms with Crippen LogP contribution in [0.2, 0.25) is 0 Å². The molecule has 0 unspecified atom stereocenters. The van der Waals surface area contributed by atoms with Crippen molar-refractivity contribution in [2.45, 2.75) is 4.90 Å². The highest BCUT2D eigenvalue weighted by Gasteiger charge is 2.11. The highest BCUT2D eigenvalue weighted by atomic mass is 32.2. The van der Waals surface area contributed by atoms with Gasteiger partial charge in [-0.3, -0.25) is 9.59 Å². The molecule has 0 aliphatic rings. The van der Waals surface area contributed by atoms with Gasteiger partial charge in [0.25, 0.3) is 5.91 Å². The molecule has 1 aromatic heterocycles. The number of thioether (sulfide) groups is 1. The first-order valence-corrected chi connectivity index (χ1v) is 12.9. The molecule has 2 amide bonds. The highest BCUT2D eigenvalue weighted by molar-refractivity contribution is 8.00. The van der Waals surface area contributed by atoms with E-state index >= 15 is 0 Å². The topological polar surface area (TPSA) is 71.1 Å². The molecule has 0 saturated carbocycles. The molecule has 36 heavy (non-hydrogen) atoms. The number of hydrogen-bond donors (Lipinski definition) is 2. The molecule has 0 aliphatic carbocycles. The van der Waals surface area contributed by atoms with Crippen molar-refractivity contribution in [1.29, 1.82) is 0 Å². The zero-order valence-corrected chi connectivity index (χ0v) is 20.5. The van der Waals surface area contributed by atoms with E-state index in [-0.39, 0.29) is 23.4 Å². The van der Waals surface area contributed by atoms with Gasteiger partial charge in [0.05, 0.1) is 11.4 Å². The van der Waals surface area contributed by atoms with Crippen molar-refractivity contribution in [1.82, 2.24) is 4.98 Å². The van der Waals surface area contributed by atoms with Gasteiger partial charge >= 0.3 is 0 Å². The van der Waals surface area contributed by atoms with Crippen LogP contribution in [0.3, 0.4) is 0 Å². The summed E-state index contributed by atoms with van der Waals surface area (Å²) < 4.78 is 13.1. The van der Waals surface area contributed by atoms with Gasteiger partial charge in [-0.2, -0.15) is 0 Å². The number of benzene rings is 4. The van der Waals surface area contributed by atoms with Crippen molar-refractivity contribution in [3.63, 3.8) is 0 Å². The van der Waals surface area contributed by atoms with Crippen LogP contribution in [-0.4, -0.2) is 22.6 Å². The van der Waals surface area contributed by atoms with Gasteiger partial charge in [0, 0.05) is 27.1 Å². The van der Waals surface area contributed by atoms with Gasteiger partial charge in [-0.05, 0) is 65.4 Å². The van der Waals surface area contributed by atoms with Crippen LogP contribution >= 0.6 is 23.1 Å². The summed E-state index contributed by atoms with van der Waals surface area (Å²) in [6.45, 7) is 0. The fourth-order valence-electron chi connectivity index (χ4n) is 3.59. The van der Waals surface area contributed by atoms with E-state index < -0.39 is 0 Å². The maximum atomic E-state index is 13.1. The van der Waals surface area contributed by atoms with E-state index in [1.165, 1.54) is 35.2 Å². The Bertz CT molecular complexity index is 1550. The summed E-state index contributed by atoms with van der Waals surface area (Å²) in [4.78, 5) is 30.5. The van der Waals surface area contributed by atoms with Crippen LogP contribution < -0.4 is 10.6 Å². The van der Waals surface area contributed by atoms with Gasteiger partial charge < -0.3 is 10.6 Å². The Morgan fingerprint density at radius 1 is 0.861 bits per heavy atom. The van der Waals surface area contributed by atoms with Crippen LogP contribution in [0.25, 0.3) is 22.0 Å². The lowest BCUT2D eigenvalue weighted by atomic mass is 10.1. The van der Waals surface area contributed by atoms with Crippen molar-refractivity contribution >= 4 is 56.5 Å². The normalized spacial score (nSPS) is 10.8. The molecule has 4 aromatic carbocycles. The fourth-order valence-corrected chi connectivity index (χ4v) is 5.08. The van der Waals surface area contributed by atoms with Crippen molar-refractivity contribution in [2.24, 2.45) is 0 Å². The first kappa shape index (κ1) is 23.7. The molecule has 5 nitrogen and oxygen atoms in total. The SMILES string of the molecule is O=C(CSc1cccc(NC(=O)c2ccc3ccccc3c2)c1)Nc1nc(-c2ccc(F)cc2)cs1. The molecule has 178 valence electrons. The second-order valence-electron chi connectivity index (χ2n) is 7.93. The van der Waals surface area contributed by atoms with Gasteiger partial charge in [-0.15, -0.1) is 23.1 Å². The standard InChI is InChI=1S/C28H20FN3O2S2/c29-22-12-10-19(11-13-22)25-16-36-28(31-25)32-26(33)17-35-24-7-3-6-23(15-24)30-27(34)21-9-8-18-4-1-2-5-20(18)14-21/h1-16H,17H2,(H,30,34)(H,31,32,33). The van der Waals surface area contributed by atoms with Gasteiger partial charge in [-0.1, -0.05) is 36.4 Å². The number of fused-ring (bicyclic) bond motifs is 1. The van der Waals surface area contributed by atoms with E-state index in [2.05, 4.69) is 15.6 Å². The first-order valence-electron chi connectivity index (χ1n) is 11.1. The number of rotatable bonds is 7. The Hall–Kier alpha value is -4.01. The van der Waals surface area contributed by atoms with E-state index in [0.717, 1.165) is 21.2 Å². The molecule has 0 spiro atoms. The summed E-state index contributed by atoms with van der Waals surface area (Å²) in [5, 5.41) is 10.1. The Kier molecular flexibility index (Phi) is 7.06. The molecule has 5 rings (SSSR count). The Morgan fingerprint density at radius 3 is 2.50 bits per heavy atom. The second kappa shape index (κ2) is 10.7. The average molecular weight is 514 g/mol. The monoisotopic (exact) mass is 513 g/mol. The van der Waals surface area contributed by atoms with Crippen LogP contribution in [0.15, 0.2) is 101 Å². The zero-order valence-electron chi connectivity index (χ0n) is 18.9. The van der Waals surface area contributed by atoms with Crippen molar-refractivity contribution < 1.29 is 14.0 Å². The first-order chi connectivity index (χ1) is 17.5. The fraction of sp³-hybridized carbons (Fsp3) is 0.0357. The maximum Gasteiger partial charge on any atom is 0.255 e. The summed E-state index contributed by atoms with van der Waals surface area (Å²) in [6, 6.07) is 26.9. The Balaban J connectivity index is 1.17. The largest absolute Gasteiger partial charge is 0.322 e. The smallest absolute Gasteiger partial charge is 0.255 e. The third kappa shape index (κ3) is 5.79. The van der Waals surface area contributed by atoms with Crippen LogP contribution in [-0.2, 0) is 4.79 Å². The third-order valence-corrected chi connectivity index (χ3v) is 7.12. The lowest BCUT2D eigenvalue weighted by molar-refractivity contribution is -0.113. The Labute approximate surface area is 215 Å². The number of aromatic nitrogens is 1. The molecule has 0 aliphatic heterocycles. The van der Waals surface area contributed by atoms with Crippen LogP contribution in [0.1, 0.15) is 10.4 Å². The summed E-state index contributed by atoms with van der Waals surface area (Å²) in [7, 11) is 0. The number of amides is 2. The van der Waals surface area contributed by atoms with Gasteiger partial charge in [0.15, 0.2) is 5.13 Å².